The highest BCUT2D eigenvalue weighted by atomic mass is 16.4. The molecule has 2 aliphatic rings. The Morgan fingerprint density at radius 2 is 2.00 bits per heavy atom. The highest BCUT2D eigenvalue weighted by Gasteiger charge is 2.29. The smallest absolute Gasteiger partial charge is 0.317 e. The summed E-state index contributed by atoms with van der Waals surface area (Å²) in [6, 6.07) is 0.187. The van der Waals surface area contributed by atoms with E-state index < -0.39 is 11.9 Å². The van der Waals surface area contributed by atoms with Gasteiger partial charge in [-0.3, -0.25) is 4.79 Å². The molecule has 0 aromatic heterocycles. The molecule has 2 fully saturated rings. The van der Waals surface area contributed by atoms with Crippen LogP contribution in [0.3, 0.4) is 0 Å². The quantitative estimate of drug-likeness (QED) is 0.805. The van der Waals surface area contributed by atoms with E-state index in [9.17, 15) is 9.59 Å². The number of urea groups is 1. The van der Waals surface area contributed by atoms with Crippen molar-refractivity contribution in [1.29, 1.82) is 0 Å². The van der Waals surface area contributed by atoms with Gasteiger partial charge >= 0.3 is 12.0 Å². The molecule has 5 heteroatoms. The second-order valence-corrected chi connectivity index (χ2v) is 6.04. The molecule has 2 N–H and O–H groups in total. The van der Waals surface area contributed by atoms with Gasteiger partial charge in [-0.05, 0) is 31.6 Å². The molecule has 0 aromatic carbocycles. The Balaban J connectivity index is 1.83. The summed E-state index contributed by atoms with van der Waals surface area (Å²) in [4.78, 5) is 24.8. The van der Waals surface area contributed by atoms with Gasteiger partial charge in [0, 0.05) is 19.1 Å². The molecular weight excluding hydrogens is 244 g/mol. The first-order chi connectivity index (χ1) is 9.06. The fourth-order valence-corrected chi connectivity index (χ4v) is 3.19. The predicted octanol–water partition coefficient (Wildman–Crippen LogP) is 2.07. The van der Waals surface area contributed by atoms with Crippen molar-refractivity contribution in [2.75, 3.05) is 13.1 Å². The highest BCUT2D eigenvalue weighted by Crippen LogP contribution is 2.24. The molecule has 2 rings (SSSR count). The maximum Gasteiger partial charge on any atom is 0.317 e. The van der Waals surface area contributed by atoms with Gasteiger partial charge < -0.3 is 15.3 Å². The predicted molar refractivity (Wildman–Crippen MR) is 71.9 cm³/mol. The van der Waals surface area contributed by atoms with Crippen LogP contribution in [0.4, 0.5) is 4.79 Å². The van der Waals surface area contributed by atoms with Crippen molar-refractivity contribution in [1.82, 2.24) is 10.2 Å². The number of carbonyl (C=O) groups excluding carboxylic acids is 1. The van der Waals surface area contributed by atoms with Gasteiger partial charge in [-0.2, -0.15) is 0 Å². The summed E-state index contributed by atoms with van der Waals surface area (Å²) in [5, 5.41) is 12.1. The summed E-state index contributed by atoms with van der Waals surface area (Å²) in [7, 11) is 0. The van der Waals surface area contributed by atoms with Crippen LogP contribution in [0.15, 0.2) is 0 Å². The van der Waals surface area contributed by atoms with Crippen molar-refractivity contribution in [2.45, 2.75) is 51.5 Å². The summed E-state index contributed by atoms with van der Waals surface area (Å²) >= 11 is 0. The molecule has 3 atom stereocenters. The van der Waals surface area contributed by atoms with Crippen LogP contribution in [-0.2, 0) is 4.79 Å². The number of hydrogen-bond acceptors (Lipinski definition) is 2. The molecule has 2 amide bonds. The number of amides is 2. The summed E-state index contributed by atoms with van der Waals surface area (Å²) in [5.74, 6) is -0.513. The molecule has 1 saturated carbocycles. The molecule has 1 heterocycles. The van der Waals surface area contributed by atoms with Gasteiger partial charge in [-0.1, -0.05) is 19.8 Å². The largest absolute Gasteiger partial charge is 0.481 e. The van der Waals surface area contributed by atoms with Crippen LogP contribution in [0.2, 0.25) is 0 Å². The number of aliphatic carboxylic acids is 1. The van der Waals surface area contributed by atoms with Crippen molar-refractivity contribution >= 4 is 12.0 Å². The Morgan fingerprint density at radius 1 is 1.21 bits per heavy atom. The van der Waals surface area contributed by atoms with E-state index in [-0.39, 0.29) is 12.1 Å². The van der Waals surface area contributed by atoms with Gasteiger partial charge in [0.2, 0.25) is 0 Å². The van der Waals surface area contributed by atoms with Crippen LogP contribution in [0.25, 0.3) is 0 Å². The Labute approximate surface area is 114 Å². The normalized spacial score (nSPS) is 31.8. The van der Waals surface area contributed by atoms with Crippen molar-refractivity contribution in [3.8, 4) is 0 Å². The number of carboxylic acids is 1. The number of carboxylic acid groups (broad SMARTS) is 1. The fraction of sp³-hybridized carbons (Fsp3) is 0.857. The van der Waals surface area contributed by atoms with Gasteiger partial charge in [0.25, 0.3) is 0 Å². The zero-order chi connectivity index (χ0) is 13.8. The molecular formula is C14H24N2O3. The van der Waals surface area contributed by atoms with Crippen molar-refractivity contribution in [3.63, 3.8) is 0 Å². The minimum absolute atomic E-state index is 0.0787. The van der Waals surface area contributed by atoms with Crippen molar-refractivity contribution < 1.29 is 14.7 Å². The Kier molecular flexibility index (Phi) is 4.66. The third-order valence-electron chi connectivity index (χ3n) is 4.32. The van der Waals surface area contributed by atoms with Crippen molar-refractivity contribution in [3.05, 3.63) is 0 Å². The Bertz CT molecular complexity index is 346. The van der Waals surface area contributed by atoms with Crippen LogP contribution in [0.5, 0.6) is 0 Å². The standard InChI is InChI=1S/C14H24N2O3/c1-10-4-2-6-12(8-10)15-14(19)16-7-3-5-11(9-16)13(17)18/h10-12H,2-9H2,1H3,(H,15,19)(H,17,18). The molecule has 0 bridgehead atoms. The Hall–Kier alpha value is -1.26. The van der Waals surface area contributed by atoms with Crippen LogP contribution in [-0.4, -0.2) is 41.1 Å². The first-order valence-corrected chi connectivity index (χ1v) is 7.34. The fourth-order valence-electron chi connectivity index (χ4n) is 3.19. The molecule has 1 saturated heterocycles. The molecule has 19 heavy (non-hydrogen) atoms. The van der Waals surface area contributed by atoms with Gasteiger partial charge in [-0.25, -0.2) is 4.79 Å². The minimum Gasteiger partial charge on any atom is -0.481 e. The van der Waals surface area contributed by atoms with Crippen LogP contribution in [0.1, 0.15) is 45.4 Å². The topological polar surface area (TPSA) is 69.6 Å². The second-order valence-electron chi connectivity index (χ2n) is 6.04. The zero-order valence-corrected chi connectivity index (χ0v) is 11.6. The van der Waals surface area contributed by atoms with Gasteiger partial charge in [0.05, 0.1) is 5.92 Å². The number of nitrogens with zero attached hydrogens (tertiary/aromatic N) is 1. The zero-order valence-electron chi connectivity index (χ0n) is 11.6. The summed E-state index contributed by atoms with van der Waals surface area (Å²) < 4.78 is 0. The summed E-state index contributed by atoms with van der Waals surface area (Å²) in [6.07, 6.45) is 5.97. The highest BCUT2D eigenvalue weighted by molar-refractivity contribution is 5.76. The van der Waals surface area contributed by atoms with Gasteiger partial charge in [0.1, 0.15) is 0 Å². The van der Waals surface area contributed by atoms with E-state index in [1.807, 2.05) is 0 Å². The van der Waals surface area contributed by atoms with Crippen molar-refractivity contribution in [2.24, 2.45) is 11.8 Å². The second kappa shape index (κ2) is 6.26. The number of rotatable bonds is 2. The van der Waals surface area contributed by atoms with E-state index in [2.05, 4.69) is 12.2 Å². The average molecular weight is 268 g/mol. The lowest BCUT2D eigenvalue weighted by molar-refractivity contribution is -0.143. The molecule has 3 unspecified atom stereocenters. The summed E-state index contributed by atoms with van der Waals surface area (Å²) in [5.41, 5.74) is 0. The monoisotopic (exact) mass is 268 g/mol. The van der Waals surface area contributed by atoms with Crippen LogP contribution < -0.4 is 5.32 Å². The van der Waals surface area contributed by atoms with E-state index in [4.69, 9.17) is 5.11 Å². The lowest BCUT2D eigenvalue weighted by Crippen LogP contribution is -2.50. The molecule has 0 spiro atoms. The van der Waals surface area contributed by atoms with Crippen LogP contribution >= 0.6 is 0 Å². The summed E-state index contributed by atoms with van der Waals surface area (Å²) in [6.45, 7) is 3.25. The molecule has 1 aliphatic carbocycles. The number of nitrogens with one attached hydrogen (secondary N) is 1. The lowest BCUT2D eigenvalue weighted by atomic mass is 9.87. The molecule has 5 nitrogen and oxygen atoms in total. The first kappa shape index (κ1) is 14.2. The lowest BCUT2D eigenvalue weighted by Gasteiger charge is -2.34. The number of carbonyl (C=O) groups is 2. The molecule has 1 aliphatic heterocycles. The molecule has 0 aromatic rings. The van der Waals surface area contributed by atoms with E-state index >= 15 is 0 Å². The molecule has 0 radical (unpaired) electrons. The maximum atomic E-state index is 12.2. The average Bonchev–Trinajstić information content (AvgIpc) is 2.39. The SMILES string of the molecule is CC1CCCC(NC(=O)N2CCCC(C(=O)O)C2)C1. The van der Waals surface area contributed by atoms with Gasteiger partial charge in [-0.15, -0.1) is 0 Å². The minimum atomic E-state index is -0.788. The van der Waals surface area contributed by atoms with Crippen LogP contribution in [0, 0.1) is 11.8 Å². The van der Waals surface area contributed by atoms with E-state index in [0.717, 1.165) is 19.3 Å². The maximum absolute atomic E-state index is 12.2. The Morgan fingerprint density at radius 3 is 2.68 bits per heavy atom. The number of piperidine rings is 1. The number of hydrogen-bond donors (Lipinski definition) is 2. The first-order valence-electron chi connectivity index (χ1n) is 7.34. The third kappa shape index (κ3) is 3.85. The number of likely N-dealkylation sites (tertiary alicyclic amines) is 1. The molecule has 108 valence electrons. The van der Waals surface area contributed by atoms with E-state index in [1.165, 1.54) is 12.8 Å². The third-order valence-corrected chi connectivity index (χ3v) is 4.32. The van der Waals surface area contributed by atoms with E-state index in [0.29, 0.717) is 25.4 Å². The van der Waals surface area contributed by atoms with E-state index in [1.54, 1.807) is 4.90 Å². The van der Waals surface area contributed by atoms with Gasteiger partial charge in [0.15, 0.2) is 0 Å².